The second-order valence-corrected chi connectivity index (χ2v) is 7.28. The number of halogens is 2. The zero-order valence-electron chi connectivity index (χ0n) is 13.9. The van der Waals surface area contributed by atoms with Crippen LogP contribution in [-0.2, 0) is 0 Å². The molecule has 0 aliphatic carbocycles. The molecular formula is C19H17Cl2N3O2. The van der Waals surface area contributed by atoms with Gasteiger partial charge in [0, 0.05) is 24.7 Å². The topological polar surface area (TPSA) is 58.1 Å². The molecule has 0 radical (unpaired) electrons. The molecule has 1 amide bonds. The average molecular weight is 390 g/mol. The Morgan fingerprint density at radius 3 is 2.50 bits per heavy atom. The first-order valence-electron chi connectivity index (χ1n) is 8.48. The van der Waals surface area contributed by atoms with Crippen LogP contribution in [-0.4, -0.2) is 33.4 Å². The predicted molar refractivity (Wildman–Crippen MR) is 103 cm³/mol. The highest BCUT2D eigenvalue weighted by Gasteiger charge is 2.26. The number of nitrogens with one attached hydrogen (secondary N) is 1. The number of hydrogen-bond acceptors (Lipinski definition) is 2. The van der Waals surface area contributed by atoms with E-state index in [-0.39, 0.29) is 17.6 Å². The molecule has 1 N–H and O–H groups in total. The summed E-state index contributed by atoms with van der Waals surface area (Å²) in [4.78, 5) is 29.7. The molecule has 1 fully saturated rings. The zero-order valence-corrected chi connectivity index (χ0v) is 15.4. The minimum atomic E-state index is -0.0968. The molecule has 3 aromatic rings. The SMILES string of the molecule is O=C(c1ccc(Cl)c(Cl)c1)N1CCC(n2c(=O)[nH]c3ccccc32)CC1. The number of amides is 1. The van der Waals surface area contributed by atoms with E-state index in [0.717, 1.165) is 23.9 Å². The summed E-state index contributed by atoms with van der Waals surface area (Å²) in [6.07, 6.45) is 1.46. The highest BCUT2D eigenvalue weighted by molar-refractivity contribution is 6.42. The molecule has 0 atom stereocenters. The van der Waals surface area contributed by atoms with Crippen LogP contribution in [0.25, 0.3) is 11.0 Å². The number of imidazole rings is 1. The van der Waals surface area contributed by atoms with E-state index in [1.807, 2.05) is 28.8 Å². The second kappa shape index (κ2) is 6.82. The van der Waals surface area contributed by atoms with Gasteiger partial charge in [-0.1, -0.05) is 35.3 Å². The van der Waals surface area contributed by atoms with Gasteiger partial charge in [-0.05, 0) is 43.2 Å². The van der Waals surface area contributed by atoms with Gasteiger partial charge in [0.25, 0.3) is 5.91 Å². The Balaban J connectivity index is 1.52. The van der Waals surface area contributed by atoms with Gasteiger partial charge in [0.15, 0.2) is 0 Å². The first kappa shape index (κ1) is 17.2. The van der Waals surface area contributed by atoms with E-state index in [1.165, 1.54) is 0 Å². The summed E-state index contributed by atoms with van der Waals surface area (Å²) in [5, 5.41) is 0.804. The zero-order chi connectivity index (χ0) is 18.3. The Kier molecular flexibility index (Phi) is 4.51. The van der Waals surface area contributed by atoms with Gasteiger partial charge in [0.2, 0.25) is 0 Å². The quantitative estimate of drug-likeness (QED) is 0.716. The Morgan fingerprint density at radius 1 is 1.04 bits per heavy atom. The number of aromatic nitrogens is 2. The molecular weight excluding hydrogens is 373 g/mol. The number of carbonyl (C=O) groups is 1. The molecule has 1 saturated heterocycles. The summed E-state index contributed by atoms with van der Waals surface area (Å²) in [6, 6.07) is 12.7. The number of aromatic amines is 1. The van der Waals surface area contributed by atoms with Crippen LogP contribution in [0.3, 0.4) is 0 Å². The van der Waals surface area contributed by atoms with Gasteiger partial charge in [0.05, 0.1) is 21.1 Å². The van der Waals surface area contributed by atoms with Crippen LogP contribution >= 0.6 is 23.2 Å². The van der Waals surface area contributed by atoms with E-state index < -0.39 is 0 Å². The molecule has 7 heteroatoms. The van der Waals surface area contributed by atoms with Crippen LogP contribution < -0.4 is 5.69 Å². The number of fused-ring (bicyclic) bond motifs is 1. The van der Waals surface area contributed by atoms with Gasteiger partial charge in [-0.3, -0.25) is 9.36 Å². The van der Waals surface area contributed by atoms with E-state index in [4.69, 9.17) is 23.2 Å². The lowest BCUT2D eigenvalue weighted by Crippen LogP contribution is -2.40. The van der Waals surface area contributed by atoms with Crippen molar-refractivity contribution >= 4 is 40.1 Å². The maximum atomic E-state index is 12.7. The number of para-hydroxylation sites is 2. The molecule has 2 heterocycles. The molecule has 0 bridgehead atoms. The van der Waals surface area contributed by atoms with Crippen molar-refractivity contribution in [3.05, 3.63) is 68.6 Å². The number of carbonyl (C=O) groups excluding carboxylic acids is 1. The summed E-state index contributed by atoms with van der Waals surface area (Å²) in [6.45, 7) is 1.19. The maximum absolute atomic E-state index is 12.7. The summed E-state index contributed by atoms with van der Waals surface area (Å²) in [5.41, 5.74) is 2.18. The van der Waals surface area contributed by atoms with Crippen molar-refractivity contribution in [3.8, 4) is 0 Å². The fraction of sp³-hybridized carbons (Fsp3) is 0.263. The number of H-pyrrole nitrogens is 1. The molecule has 134 valence electrons. The van der Waals surface area contributed by atoms with Gasteiger partial charge >= 0.3 is 5.69 Å². The van der Waals surface area contributed by atoms with E-state index in [0.29, 0.717) is 28.7 Å². The maximum Gasteiger partial charge on any atom is 0.326 e. The number of rotatable bonds is 2. The average Bonchev–Trinajstić information content (AvgIpc) is 2.99. The highest BCUT2D eigenvalue weighted by atomic mass is 35.5. The molecule has 2 aromatic carbocycles. The van der Waals surface area contributed by atoms with E-state index in [1.54, 1.807) is 23.1 Å². The Labute approximate surface area is 160 Å². The van der Waals surface area contributed by atoms with Crippen molar-refractivity contribution in [2.45, 2.75) is 18.9 Å². The predicted octanol–water partition coefficient (Wildman–Crippen LogP) is 4.11. The number of hydrogen-bond donors (Lipinski definition) is 1. The molecule has 26 heavy (non-hydrogen) atoms. The lowest BCUT2D eigenvalue weighted by molar-refractivity contribution is 0.0695. The van der Waals surface area contributed by atoms with Gasteiger partial charge in [0.1, 0.15) is 0 Å². The molecule has 5 nitrogen and oxygen atoms in total. The Morgan fingerprint density at radius 2 is 1.77 bits per heavy atom. The molecule has 1 aromatic heterocycles. The van der Waals surface area contributed by atoms with Crippen molar-refractivity contribution in [1.29, 1.82) is 0 Å². The van der Waals surface area contributed by atoms with Crippen LogP contribution in [0.5, 0.6) is 0 Å². The highest BCUT2D eigenvalue weighted by Crippen LogP contribution is 2.27. The molecule has 0 spiro atoms. The van der Waals surface area contributed by atoms with Crippen LogP contribution in [0.15, 0.2) is 47.3 Å². The lowest BCUT2D eigenvalue weighted by atomic mass is 10.0. The van der Waals surface area contributed by atoms with Crippen molar-refractivity contribution in [2.24, 2.45) is 0 Å². The van der Waals surface area contributed by atoms with Crippen molar-refractivity contribution in [3.63, 3.8) is 0 Å². The Bertz CT molecular complexity index is 1030. The summed E-state index contributed by atoms with van der Waals surface area (Å²) in [7, 11) is 0. The van der Waals surface area contributed by atoms with E-state index >= 15 is 0 Å². The standard InChI is InChI=1S/C19H17Cl2N3O2/c20-14-6-5-12(11-15(14)21)18(25)23-9-7-13(8-10-23)24-17-4-2-1-3-16(17)22-19(24)26/h1-6,11,13H,7-10H2,(H,22,26). The number of likely N-dealkylation sites (tertiary alicyclic amines) is 1. The minimum absolute atomic E-state index is 0.0618. The number of benzene rings is 2. The van der Waals surface area contributed by atoms with Crippen LogP contribution in [0.2, 0.25) is 10.0 Å². The summed E-state index contributed by atoms with van der Waals surface area (Å²) >= 11 is 11.9. The molecule has 0 unspecified atom stereocenters. The van der Waals surface area contributed by atoms with Crippen molar-refractivity contribution in [2.75, 3.05) is 13.1 Å². The second-order valence-electron chi connectivity index (χ2n) is 6.47. The van der Waals surface area contributed by atoms with Crippen molar-refractivity contribution in [1.82, 2.24) is 14.5 Å². The Hall–Kier alpha value is -2.24. The smallest absolute Gasteiger partial charge is 0.326 e. The molecule has 1 aliphatic rings. The third kappa shape index (κ3) is 3.02. The third-order valence-electron chi connectivity index (χ3n) is 4.91. The number of nitrogens with zero attached hydrogens (tertiary/aromatic N) is 2. The van der Waals surface area contributed by atoms with E-state index in [9.17, 15) is 9.59 Å². The third-order valence-corrected chi connectivity index (χ3v) is 5.65. The van der Waals surface area contributed by atoms with Gasteiger partial charge in [-0.25, -0.2) is 4.79 Å². The fourth-order valence-electron chi connectivity index (χ4n) is 3.58. The summed E-state index contributed by atoms with van der Waals surface area (Å²) < 4.78 is 1.82. The molecule has 1 aliphatic heterocycles. The van der Waals surface area contributed by atoms with E-state index in [2.05, 4.69) is 4.98 Å². The van der Waals surface area contributed by atoms with Crippen LogP contribution in [0.1, 0.15) is 29.2 Å². The minimum Gasteiger partial charge on any atom is -0.338 e. The van der Waals surface area contributed by atoms with Gasteiger partial charge < -0.3 is 9.88 Å². The van der Waals surface area contributed by atoms with Crippen LogP contribution in [0.4, 0.5) is 0 Å². The van der Waals surface area contributed by atoms with Gasteiger partial charge in [-0.15, -0.1) is 0 Å². The summed E-state index contributed by atoms with van der Waals surface area (Å²) in [5.74, 6) is -0.0618. The van der Waals surface area contributed by atoms with Crippen molar-refractivity contribution < 1.29 is 4.79 Å². The fourth-order valence-corrected chi connectivity index (χ4v) is 3.87. The first-order chi connectivity index (χ1) is 12.5. The lowest BCUT2D eigenvalue weighted by Gasteiger charge is -2.32. The van der Waals surface area contributed by atoms with Gasteiger partial charge in [-0.2, -0.15) is 0 Å². The first-order valence-corrected chi connectivity index (χ1v) is 9.24. The van der Waals surface area contributed by atoms with Crippen LogP contribution in [0, 0.1) is 0 Å². The monoisotopic (exact) mass is 389 g/mol. The number of piperidine rings is 1. The molecule has 4 rings (SSSR count). The molecule has 0 saturated carbocycles. The normalized spacial score (nSPS) is 15.5. The largest absolute Gasteiger partial charge is 0.338 e.